The second-order valence-electron chi connectivity index (χ2n) is 9.62. The third-order valence-corrected chi connectivity index (χ3v) is 8.71. The third kappa shape index (κ3) is 6.97. The molecular weight excluding hydrogens is 516 g/mol. The molecule has 2 aliphatic rings. The summed E-state index contributed by atoms with van der Waals surface area (Å²) in [6.45, 7) is 4.20. The van der Waals surface area contributed by atoms with Gasteiger partial charge in [-0.25, -0.2) is 8.42 Å². The number of aliphatic imine (C=N–C) groups is 1. The van der Waals surface area contributed by atoms with Gasteiger partial charge in [-0.2, -0.15) is 0 Å². The summed E-state index contributed by atoms with van der Waals surface area (Å²) in [5.74, 6) is 0.682. The highest BCUT2D eigenvalue weighted by atomic mass is 32.2. The van der Waals surface area contributed by atoms with E-state index in [2.05, 4.69) is 9.89 Å². The van der Waals surface area contributed by atoms with Gasteiger partial charge < -0.3 is 21.1 Å². The predicted octanol–water partition coefficient (Wildman–Crippen LogP) is 2.97. The standard InChI is InChI=1S/C28H36N6O4S/c1-2-39(36,37)34(15-5-7-20-6-3-8-21(18-20)27(29)30)22-10-11-25(24(19-22)28(31)35)38-23-12-16-33(17-13-23)26-9-4-14-32-26/h3,5-8,10-11,18-19,23H,2,4,9,12-17H2,1H3,(H3,29,30)(H2,31,35)/b7-5+. The molecule has 10 nitrogen and oxygen atoms in total. The molecule has 2 aromatic carbocycles. The molecule has 0 spiro atoms. The number of nitrogen functional groups attached to an aromatic ring is 1. The van der Waals surface area contributed by atoms with Crippen molar-refractivity contribution in [1.29, 1.82) is 5.41 Å². The van der Waals surface area contributed by atoms with Crippen LogP contribution in [0.3, 0.4) is 0 Å². The lowest BCUT2D eigenvalue weighted by atomic mass is 10.1. The van der Waals surface area contributed by atoms with Gasteiger partial charge in [0, 0.05) is 44.5 Å². The van der Waals surface area contributed by atoms with Crippen molar-refractivity contribution >= 4 is 39.4 Å². The molecule has 0 radical (unpaired) electrons. The fourth-order valence-corrected chi connectivity index (χ4v) is 5.85. The van der Waals surface area contributed by atoms with E-state index in [9.17, 15) is 13.2 Å². The number of piperidine rings is 1. The summed E-state index contributed by atoms with van der Waals surface area (Å²) >= 11 is 0. The molecule has 11 heteroatoms. The van der Waals surface area contributed by atoms with Gasteiger partial charge in [0.25, 0.3) is 5.91 Å². The number of anilines is 1. The summed E-state index contributed by atoms with van der Waals surface area (Å²) in [6.07, 6.45) is 7.12. The molecule has 4 rings (SSSR count). The molecule has 2 aliphatic heterocycles. The summed E-state index contributed by atoms with van der Waals surface area (Å²) < 4.78 is 33.4. The van der Waals surface area contributed by atoms with Crippen LogP contribution in [0.4, 0.5) is 5.69 Å². The fourth-order valence-electron chi connectivity index (χ4n) is 4.79. The monoisotopic (exact) mass is 552 g/mol. The highest BCUT2D eigenvalue weighted by Crippen LogP contribution is 2.29. The first-order chi connectivity index (χ1) is 18.7. The van der Waals surface area contributed by atoms with Crippen molar-refractivity contribution in [3.8, 4) is 5.75 Å². The molecule has 5 N–H and O–H groups in total. The quantitative estimate of drug-likeness (QED) is 0.304. The first-order valence-electron chi connectivity index (χ1n) is 13.2. The van der Waals surface area contributed by atoms with Crippen molar-refractivity contribution < 1.29 is 17.9 Å². The number of likely N-dealkylation sites (tertiary alicyclic amines) is 1. The smallest absolute Gasteiger partial charge is 0.252 e. The van der Waals surface area contributed by atoms with Gasteiger partial charge >= 0.3 is 0 Å². The van der Waals surface area contributed by atoms with E-state index in [-0.39, 0.29) is 29.8 Å². The maximum atomic E-state index is 13.0. The molecule has 2 heterocycles. The Bertz CT molecular complexity index is 1380. The van der Waals surface area contributed by atoms with Crippen LogP contribution >= 0.6 is 0 Å². The maximum absolute atomic E-state index is 13.0. The molecule has 39 heavy (non-hydrogen) atoms. The van der Waals surface area contributed by atoms with Crippen LogP contribution in [-0.4, -0.2) is 68.9 Å². The van der Waals surface area contributed by atoms with Crippen LogP contribution in [-0.2, 0) is 10.0 Å². The summed E-state index contributed by atoms with van der Waals surface area (Å²) in [5.41, 5.74) is 13.1. The Morgan fingerprint density at radius 1 is 1.21 bits per heavy atom. The van der Waals surface area contributed by atoms with Crippen LogP contribution in [0, 0.1) is 5.41 Å². The number of hydrogen-bond acceptors (Lipinski definition) is 7. The lowest BCUT2D eigenvalue weighted by Gasteiger charge is -2.34. The Balaban J connectivity index is 1.51. The molecule has 1 fully saturated rings. The summed E-state index contributed by atoms with van der Waals surface area (Å²) in [6, 6.07) is 11.9. The number of nitrogens with zero attached hydrogens (tertiary/aromatic N) is 3. The summed E-state index contributed by atoms with van der Waals surface area (Å²) in [7, 11) is -3.67. The second-order valence-corrected chi connectivity index (χ2v) is 11.8. The van der Waals surface area contributed by atoms with Crippen molar-refractivity contribution in [3.63, 3.8) is 0 Å². The topological polar surface area (TPSA) is 155 Å². The highest BCUT2D eigenvalue weighted by molar-refractivity contribution is 7.92. The number of carbonyl (C=O) groups is 1. The highest BCUT2D eigenvalue weighted by Gasteiger charge is 2.26. The van der Waals surface area contributed by atoms with Crippen molar-refractivity contribution in [3.05, 3.63) is 65.2 Å². The second kappa shape index (κ2) is 12.3. The first-order valence-corrected chi connectivity index (χ1v) is 14.8. The predicted molar refractivity (Wildman–Crippen MR) is 155 cm³/mol. The number of sulfonamides is 1. The number of amidine groups is 2. The maximum Gasteiger partial charge on any atom is 0.252 e. The number of amides is 1. The number of benzene rings is 2. The van der Waals surface area contributed by atoms with Crippen molar-refractivity contribution in [2.24, 2.45) is 16.5 Å². The van der Waals surface area contributed by atoms with Crippen LogP contribution in [0.25, 0.3) is 6.08 Å². The van der Waals surface area contributed by atoms with E-state index >= 15 is 0 Å². The molecule has 1 amide bonds. The third-order valence-electron chi connectivity index (χ3n) is 6.95. The van der Waals surface area contributed by atoms with Crippen molar-refractivity contribution in [1.82, 2.24) is 4.90 Å². The zero-order valence-electron chi connectivity index (χ0n) is 22.2. The van der Waals surface area contributed by atoms with E-state index in [0.29, 0.717) is 17.0 Å². The van der Waals surface area contributed by atoms with Crippen molar-refractivity contribution in [2.75, 3.05) is 36.2 Å². The Morgan fingerprint density at radius 3 is 2.62 bits per heavy atom. The van der Waals surface area contributed by atoms with E-state index in [1.54, 1.807) is 49.4 Å². The van der Waals surface area contributed by atoms with Gasteiger partial charge in [-0.15, -0.1) is 0 Å². The number of hydrogen-bond donors (Lipinski definition) is 3. The molecule has 0 atom stereocenters. The van der Waals surface area contributed by atoms with Gasteiger partial charge in [-0.05, 0) is 43.2 Å². The van der Waals surface area contributed by atoms with E-state index < -0.39 is 15.9 Å². The Kier molecular flexibility index (Phi) is 8.90. The van der Waals surface area contributed by atoms with Gasteiger partial charge in [-0.1, -0.05) is 30.4 Å². The minimum absolute atomic E-state index is 0.0429. The Labute approximate surface area is 229 Å². The molecular formula is C28H36N6O4S. The van der Waals surface area contributed by atoms with Crippen LogP contribution in [0.1, 0.15) is 54.1 Å². The lowest BCUT2D eigenvalue weighted by molar-refractivity contribution is 0.0982. The van der Waals surface area contributed by atoms with Crippen LogP contribution in [0.15, 0.2) is 53.5 Å². The van der Waals surface area contributed by atoms with Gasteiger partial charge in [0.05, 0.1) is 29.4 Å². The van der Waals surface area contributed by atoms with Gasteiger partial charge in [-0.3, -0.25) is 19.5 Å². The Morgan fingerprint density at radius 2 is 1.97 bits per heavy atom. The average molecular weight is 553 g/mol. The van der Waals surface area contributed by atoms with E-state index in [1.807, 2.05) is 6.07 Å². The number of nitrogens with one attached hydrogen (secondary N) is 1. The van der Waals surface area contributed by atoms with E-state index in [0.717, 1.165) is 50.9 Å². The number of nitrogens with two attached hydrogens (primary N) is 2. The SMILES string of the molecule is CCS(=O)(=O)N(C/C=C/c1cccc(C(=N)N)c1)c1ccc(OC2CCN(C3=NCCC3)CC2)c(C(N)=O)c1. The summed E-state index contributed by atoms with van der Waals surface area (Å²) in [5, 5.41) is 7.61. The van der Waals surface area contributed by atoms with E-state index in [1.165, 1.54) is 16.2 Å². The zero-order valence-corrected chi connectivity index (χ0v) is 23.0. The molecule has 2 aromatic rings. The van der Waals surface area contributed by atoms with Gasteiger partial charge in [0.2, 0.25) is 10.0 Å². The molecule has 0 unspecified atom stereocenters. The van der Waals surface area contributed by atoms with Gasteiger partial charge in [0.15, 0.2) is 0 Å². The first kappa shape index (κ1) is 28.2. The largest absolute Gasteiger partial charge is 0.489 e. The average Bonchev–Trinajstić information content (AvgIpc) is 3.47. The number of carbonyl (C=O) groups excluding carboxylic acids is 1. The number of ether oxygens (including phenoxy) is 1. The molecule has 0 saturated carbocycles. The van der Waals surface area contributed by atoms with Crippen molar-refractivity contribution in [2.45, 2.75) is 38.7 Å². The van der Waals surface area contributed by atoms with Crippen LogP contribution in [0.2, 0.25) is 0 Å². The molecule has 0 bridgehead atoms. The lowest BCUT2D eigenvalue weighted by Crippen LogP contribution is -2.41. The number of rotatable bonds is 10. The van der Waals surface area contributed by atoms with Gasteiger partial charge in [0.1, 0.15) is 17.7 Å². The van der Waals surface area contributed by atoms with Crippen LogP contribution < -0.4 is 20.5 Å². The minimum Gasteiger partial charge on any atom is -0.489 e. The summed E-state index contributed by atoms with van der Waals surface area (Å²) in [4.78, 5) is 19.3. The Hall–Kier alpha value is -3.86. The normalized spacial score (nSPS) is 16.3. The molecule has 0 aliphatic carbocycles. The van der Waals surface area contributed by atoms with Crippen LogP contribution in [0.5, 0.6) is 5.75 Å². The zero-order chi connectivity index (χ0) is 28.0. The fraction of sp³-hybridized carbons (Fsp3) is 0.393. The molecule has 0 aromatic heterocycles. The minimum atomic E-state index is -3.67. The van der Waals surface area contributed by atoms with E-state index in [4.69, 9.17) is 21.6 Å². The molecule has 1 saturated heterocycles. The number of primary amides is 1. The molecule has 208 valence electrons.